The fraction of sp³-hybridized carbons (Fsp3) is 0.0870. The Labute approximate surface area is 179 Å². The number of rotatable bonds is 7. The van der Waals surface area contributed by atoms with Crippen LogP contribution in [0.15, 0.2) is 77.9 Å². The van der Waals surface area contributed by atoms with Crippen molar-refractivity contribution in [3.8, 4) is 11.5 Å². The molecule has 0 spiro atoms. The number of benzene rings is 3. The largest absolute Gasteiger partial charge is 0.490 e. The molecule has 0 aliphatic rings. The number of carbonyl (C=O) groups is 2. The molecule has 0 heterocycles. The van der Waals surface area contributed by atoms with E-state index in [0.717, 1.165) is 0 Å². The van der Waals surface area contributed by atoms with Gasteiger partial charge in [-0.3, -0.25) is 4.79 Å². The third-order valence-corrected chi connectivity index (χ3v) is 4.22. The molecule has 3 rings (SSSR count). The van der Waals surface area contributed by atoms with E-state index in [1.165, 1.54) is 6.21 Å². The van der Waals surface area contributed by atoms with Crippen molar-refractivity contribution in [1.82, 2.24) is 5.43 Å². The zero-order valence-electron chi connectivity index (χ0n) is 16.2. The van der Waals surface area contributed by atoms with Crippen LogP contribution in [0.4, 0.5) is 0 Å². The monoisotopic (exact) mass is 422 g/mol. The molecule has 0 unspecified atom stereocenters. The molecule has 152 valence electrons. The lowest BCUT2D eigenvalue weighted by Crippen LogP contribution is -2.17. The molecule has 0 aliphatic heterocycles. The first-order chi connectivity index (χ1) is 14.6. The minimum Gasteiger partial charge on any atom is -0.490 e. The number of carbonyl (C=O) groups excluding carboxylic acids is 2. The van der Waals surface area contributed by atoms with Gasteiger partial charge in [0.1, 0.15) is 0 Å². The second kappa shape index (κ2) is 10.2. The fourth-order valence-corrected chi connectivity index (χ4v) is 2.65. The number of hydrogen-bond donors (Lipinski definition) is 1. The highest BCUT2D eigenvalue weighted by Crippen LogP contribution is 2.29. The van der Waals surface area contributed by atoms with Crippen LogP contribution in [-0.4, -0.2) is 24.7 Å². The van der Waals surface area contributed by atoms with E-state index in [2.05, 4.69) is 10.5 Å². The Hall–Kier alpha value is -3.64. The quantitative estimate of drug-likeness (QED) is 0.258. The van der Waals surface area contributed by atoms with Crippen LogP contribution in [0, 0.1) is 0 Å². The minimum absolute atomic E-state index is 0.299. The first kappa shape index (κ1) is 21.1. The Bertz CT molecular complexity index is 1050. The summed E-state index contributed by atoms with van der Waals surface area (Å²) in [6, 6.07) is 20.2. The van der Waals surface area contributed by atoms with E-state index >= 15 is 0 Å². The summed E-state index contributed by atoms with van der Waals surface area (Å²) in [7, 11) is 0. The highest BCUT2D eigenvalue weighted by atomic mass is 35.5. The van der Waals surface area contributed by atoms with Gasteiger partial charge in [0, 0.05) is 10.6 Å². The SMILES string of the molecule is CCOc1cc(C=NNC(=O)c2ccc(Cl)cc2)ccc1OC(=O)c1ccccc1. The summed E-state index contributed by atoms with van der Waals surface area (Å²) < 4.78 is 11.0. The standard InChI is InChI=1S/C23H19ClN2O4/c1-2-29-21-14-16(15-25-26-22(27)17-9-11-19(24)12-10-17)8-13-20(21)30-23(28)18-6-4-3-5-7-18/h3-15H,2H2,1H3,(H,26,27). The van der Waals surface area contributed by atoms with Crippen LogP contribution in [0.3, 0.4) is 0 Å². The molecule has 0 fully saturated rings. The van der Waals surface area contributed by atoms with Gasteiger partial charge in [0.15, 0.2) is 11.5 Å². The van der Waals surface area contributed by atoms with Gasteiger partial charge in [0.25, 0.3) is 5.91 Å². The van der Waals surface area contributed by atoms with Crippen LogP contribution in [0.1, 0.15) is 33.2 Å². The third kappa shape index (κ3) is 5.68. The Morgan fingerprint density at radius 3 is 2.40 bits per heavy atom. The average Bonchev–Trinajstić information content (AvgIpc) is 2.76. The highest BCUT2D eigenvalue weighted by molar-refractivity contribution is 6.30. The number of nitrogens with one attached hydrogen (secondary N) is 1. The van der Waals surface area contributed by atoms with Gasteiger partial charge in [-0.05, 0) is 67.1 Å². The van der Waals surface area contributed by atoms with Gasteiger partial charge in [-0.1, -0.05) is 29.8 Å². The molecule has 1 N–H and O–H groups in total. The van der Waals surface area contributed by atoms with Gasteiger partial charge >= 0.3 is 5.97 Å². The second-order valence-corrected chi connectivity index (χ2v) is 6.54. The van der Waals surface area contributed by atoms with Crippen LogP contribution in [0.5, 0.6) is 11.5 Å². The summed E-state index contributed by atoms with van der Waals surface area (Å²) in [5.74, 6) is -0.141. The predicted molar refractivity (Wildman–Crippen MR) is 116 cm³/mol. The molecule has 30 heavy (non-hydrogen) atoms. The molecule has 0 radical (unpaired) electrons. The van der Waals surface area contributed by atoms with E-state index in [9.17, 15) is 9.59 Å². The molecule has 0 bridgehead atoms. The van der Waals surface area contributed by atoms with Gasteiger partial charge in [0.05, 0.1) is 18.4 Å². The summed E-state index contributed by atoms with van der Waals surface area (Å²) in [6.07, 6.45) is 1.47. The number of hydrazone groups is 1. The first-order valence-corrected chi connectivity index (χ1v) is 9.57. The van der Waals surface area contributed by atoms with Crippen LogP contribution < -0.4 is 14.9 Å². The van der Waals surface area contributed by atoms with Crippen molar-refractivity contribution in [1.29, 1.82) is 0 Å². The van der Waals surface area contributed by atoms with E-state index in [1.807, 2.05) is 13.0 Å². The van der Waals surface area contributed by atoms with Crippen molar-refractivity contribution >= 4 is 29.7 Å². The highest BCUT2D eigenvalue weighted by Gasteiger charge is 2.13. The van der Waals surface area contributed by atoms with Gasteiger partial charge in [-0.2, -0.15) is 5.10 Å². The first-order valence-electron chi connectivity index (χ1n) is 9.20. The molecule has 3 aromatic carbocycles. The van der Waals surface area contributed by atoms with Crippen LogP contribution >= 0.6 is 11.6 Å². The Morgan fingerprint density at radius 1 is 0.967 bits per heavy atom. The van der Waals surface area contributed by atoms with Crippen molar-refractivity contribution in [3.05, 3.63) is 94.5 Å². The molecule has 6 nitrogen and oxygen atoms in total. The summed E-state index contributed by atoms with van der Waals surface area (Å²) in [5, 5.41) is 4.51. The third-order valence-electron chi connectivity index (χ3n) is 3.97. The molecule has 0 aliphatic carbocycles. The fourth-order valence-electron chi connectivity index (χ4n) is 2.52. The van der Waals surface area contributed by atoms with Gasteiger partial charge in [-0.25, -0.2) is 10.2 Å². The number of hydrogen-bond acceptors (Lipinski definition) is 5. The van der Waals surface area contributed by atoms with Gasteiger partial charge in [-0.15, -0.1) is 0 Å². The Kier molecular flexibility index (Phi) is 7.19. The van der Waals surface area contributed by atoms with Crippen LogP contribution in [-0.2, 0) is 0 Å². The van der Waals surface area contributed by atoms with Gasteiger partial charge in [0.2, 0.25) is 0 Å². The zero-order valence-corrected chi connectivity index (χ0v) is 16.9. The van der Waals surface area contributed by atoms with E-state index in [4.69, 9.17) is 21.1 Å². The lowest BCUT2D eigenvalue weighted by atomic mass is 10.2. The van der Waals surface area contributed by atoms with E-state index in [1.54, 1.807) is 66.7 Å². The van der Waals surface area contributed by atoms with Crippen molar-refractivity contribution in [3.63, 3.8) is 0 Å². The molecule has 0 atom stereocenters. The van der Waals surface area contributed by atoms with Crippen molar-refractivity contribution in [2.75, 3.05) is 6.61 Å². The number of amides is 1. The van der Waals surface area contributed by atoms with Crippen molar-refractivity contribution in [2.45, 2.75) is 6.92 Å². The maximum Gasteiger partial charge on any atom is 0.343 e. The molecule has 1 amide bonds. The van der Waals surface area contributed by atoms with Crippen LogP contribution in [0.25, 0.3) is 0 Å². The summed E-state index contributed by atoms with van der Waals surface area (Å²) in [4.78, 5) is 24.4. The lowest BCUT2D eigenvalue weighted by molar-refractivity contribution is 0.0728. The molecule has 0 saturated heterocycles. The number of esters is 1. The minimum atomic E-state index is -0.479. The lowest BCUT2D eigenvalue weighted by Gasteiger charge is -2.11. The number of nitrogens with zero attached hydrogens (tertiary/aromatic N) is 1. The molecule has 0 saturated carbocycles. The van der Waals surface area contributed by atoms with Gasteiger partial charge < -0.3 is 9.47 Å². The Morgan fingerprint density at radius 2 is 1.70 bits per heavy atom. The topological polar surface area (TPSA) is 77.0 Å². The summed E-state index contributed by atoms with van der Waals surface area (Å²) in [5.41, 5.74) is 3.99. The summed E-state index contributed by atoms with van der Waals surface area (Å²) >= 11 is 5.82. The molecule has 3 aromatic rings. The predicted octanol–water partition coefficient (Wildman–Crippen LogP) is 4.72. The van der Waals surface area contributed by atoms with E-state index in [0.29, 0.717) is 39.8 Å². The van der Waals surface area contributed by atoms with Crippen molar-refractivity contribution in [2.24, 2.45) is 5.10 Å². The van der Waals surface area contributed by atoms with Crippen molar-refractivity contribution < 1.29 is 19.1 Å². The number of ether oxygens (including phenoxy) is 2. The Balaban J connectivity index is 1.69. The summed E-state index contributed by atoms with van der Waals surface area (Å²) in [6.45, 7) is 2.22. The molecular weight excluding hydrogens is 404 g/mol. The average molecular weight is 423 g/mol. The maximum atomic E-state index is 12.3. The van der Waals surface area contributed by atoms with Crippen LogP contribution in [0.2, 0.25) is 5.02 Å². The maximum absolute atomic E-state index is 12.3. The molecule has 7 heteroatoms. The molecule has 0 aromatic heterocycles. The number of halogens is 1. The normalized spacial score (nSPS) is 10.6. The second-order valence-electron chi connectivity index (χ2n) is 6.10. The molecular formula is C23H19ClN2O4. The van der Waals surface area contributed by atoms with E-state index in [-0.39, 0.29) is 5.91 Å². The van der Waals surface area contributed by atoms with E-state index < -0.39 is 5.97 Å². The smallest absolute Gasteiger partial charge is 0.343 e. The zero-order chi connectivity index (χ0) is 21.3.